The first kappa shape index (κ1) is 21.4. The number of carbonyl (C=O) groups is 1. The number of anilines is 1. The highest BCUT2D eigenvalue weighted by Crippen LogP contribution is 2.31. The highest BCUT2D eigenvalue weighted by atomic mass is 16.5. The average Bonchev–Trinajstić information content (AvgIpc) is 2.78. The second-order valence-corrected chi connectivity index (χ2v) is 7.10. The van der Waals surface area contributed by atoms with Crippen molar-refractivity contribution in [1.82, 2.24) is 4.90 Å². The van der Waals surface area contributed by atoms with Crippen LogP contribution in [0.2, 0.25) is 0 Å². The van der Waals surface area contributed by atoms with Crippen LogP contribution in [0.5, 0.6) is 11.5 Å². The normalized spacial score (nSPS) is 10.7. The molecule has 156 valence electrons. The van der Waals surface area contributed by atoms with Crippen molar-refractivity contribution < 1.29 is 14.3 Å². The highest BCUT2D eigenvalue weighted by Gasteiger charge is 2.13. The van der Waals surface area contributed by atoms with Gasteiger partial charge < -0.3 is 19.7 Å². The Hall–Kier alpha value is -3.31. The lowest BCUT2D eigenvalue weighted by Crippen LogP contribution is -2.24. The van der Waals surface area contributed by atoms with Crippen molar-refractivity contribution in [3.8, 4) is 22.6 Å². The summed E-state index contributed by atoms with van der Waals surface area (Å²) in [5.74, 6) is 1.43. The van der Waals surface area contributed by atoms with Gasteiger partial charge in [0.25, 0.3) is 0 Å². The minimum absolute atomic E-state index is 0.0113. The number of hydrogen-bond donors (Lipinski definition) is 1. The summed E-state index contributed by atoms with van der Waals surface area (Å²) in [6.07, 6.45) is 0.395. The van der Waals surface area contributed by atoms with Crippen LogP contribution >= 0.6 is 0 Å². The molecule has 0 aliphatic heterocycles. The molecule has 5 nitrogen and oxygen atoms in total. The minimum atomic E-state index is -0.0113. The van der Waals surface area contributed by atoms with Crippen molar-refractivity contribution in [1.29, 1.82) is 0 Å². The Bertz CT molecular complexity index is 973. The molecule has 3 aromatic rings. The van der Waals surface area contributed by atoms with E-state index in [0.29, 0.717) is 25.3 Å². The molecule has 0 heterocycles. The Morgan fingerprint density at radius 1 is 0.900 bits per heavy atom. The zero-order valence-corrected chi connectivity index (χ0v) is 17.7. The van der Waals surface area contributed by atoms with Crippen molar-refractivity contribution >= 4 is 11.6 Å². The Balaban J connectivity index is 1.60. The lowest BCUT2D eigenvalue weighted by Gasteiger charge is -2.19. The van der Waals surface area contributed by atoms with Crippen molar-refractivity contribution in [3.63, 3.8) is 0 Å². The maximum Gasteiger partial charge on any atom is 0.225 e. The van der Waals surface area contributed by atoms with Crippen LogP contribution in [0.25, 0.3) is 11.1 Å². The van der Waals surface area contributed by atoms with Gasteiger partial charge in [-0.05, 0) is 24.7 Å². The van der Waals surface area contributed by atoms with Crippen LogP contribution in [-0.4, -0.2) is 38.6 Å². The zero-order chi connectivity index (χ0) is 21.3. The largest absolute Gasteiger partial charge is 0.493 e. The molecule has 1 N–H and O–H groups in total. The number of methoxy groups -OCH3 is 2. The Morgan fingerprint density at radius 3 is 2.37 bits per heavy atom. The number of carbonyl (C=O) groups excluding carboxylic acids is 1. The van der Waals surface area contributed by atoms with Crippen LogP contribution in [0.1, 0.15) is 12.0 Å². The molecule has 30 heavy (non-hydrogen) atoms. The quantitative estimate of drug-likeness (QED) is 0.555. The molecular formula is C25H28N2O3. The summed E-state index contributed by atoms with van der Waals surface area (Å²) in [7, 11) is 5.26. The summed E-state index contributed by atoms with van der Waals surface area (Å²) < 4.78 is 10.9. The average molecular weight is 405 g/mol. The number of hydrogen-bond acceptors (Lipinski definition) is 4. The van der Waals surface area contributed by atoms with Crippen LogP contribution in [0, 0.1) is 0 Å². The molecule has 0 aromatic heterocycles. The third-order valence-electron chi connectivity index (χ3n) is 4.93. The Morgan fingerprint density at radius 2 is 1.63 bits per heavy atom. The molecule has 0 aliphatic carbocycles. The van der Waals surface area contributed by atoms with Crippen molar-refractivity contribution in [2.75, 3.05) is 33.1 Å². The standard InChI is InChI=1S/C25H28N2O3/c1-27(18-20-12-9-15-23(29-2)25(20)30-3)17-16-24(28)26-22-14-8-7-13-21(22)19-10-5-4-6-11-19/h4-15H,16-18H2,1-3H3,(H,26,28). The first-order chi connectivity index (χ1) is 14.6. The van der Waals surface area contributed by atoms with Crippen LogP contribution in [0.15, 0.2) is 72.8 Å². The molecule has 0 spiro atoms. The Labute approximate surface area is 178 Å². The van der Waals surface area contributed by atoms with Gasteiger partial charge in [-0.15, -0.1) is 0 Å². The summed E-state index contributed by atoms with van der Waals surface area (Å²) in [5.41, 5.74) is 3.94. The fourth-order valence-corrected chi connectivity index (χ4v) is 3.41. The number of nitrogens with zero attached hydrogens (tertiary/aromatic N) is 1. The van der Waals surface area contributed by atoms with E-state index in [1.807, 2.05) is 79.8 Å². The van der Waals surface area contributed by atoms with Crippen LogP contribution in [-0.2, 0) is 11.3 Å². The monoisotopic (exact) mass is 404 g/mol. The number of nitrogens with one attached hydrogen (secondary N) is 1. The van der Waals surface area contributed by atoms with Crippen LogP contribution in [0.4, 0.5) is 5.69 Å². The second kappa shape index (κ2) is 10.5. The van der Waals surface area contributed by atoms with Gasteiger partial charge in [-0.25, -0.2) is 0 Å². The van der Waals surface area contributed by atoms with Gasteiger partial charge in [0.05, 0.1) is 14.2 Å². The molecule has 3 aromatic carbocycles. The molecule has 0 unspecified atom stereocenters. The number of amides is 1. The lowest BCUT2D eigenvalue weighted by molar-refractivity contribution is -0.116. The van der Waals surface area contributed by atoms with Crippen molar-refractivity contribution in [3.05, 3.63) is 78.4 Å². The van der Waals surface area contributed by atoms with Gasteiger partial charge >= 0.3 is 0 Å². The fourth-order valence-electron chi connectivity index (χ4n) is 3.41. The second-order valence-electron chi connectivity index (χ2n) is 7.10. The van der Waals surface area contributed by atoms with Gasteiger partial charge in [-0.3, -0.25) is 4.79 Å². The molecular weight excluding hydrogens is 376 g/mol. The molecule has 3 rings (SSSR count). The lowest BCUT2D eigenvalue weighted by atomic mass is 10.0. The van der Waals surface area contributed by atoms with E-state index in [1.54, 1.807) is 14.2 Å². The van der Waals surface area contributed by atoms with Gasteiger partial charge in [-0.2, -0.15) is 0 Å². The van der Waals surface area contributed by atoms with Gasteiger partial charge in [-0.1, -0.05) is 60.7 Å². The zero-order valence-electron chi connectivity index (χ0n) is 17.7. The van der Waals surface area contributed by atoms with Crippen LogP contribution < -0.4 is 14.8 Å². The van der Waals surface area contributed by atoms with Crippen molar-refractivity contribution in [2.24, 2.45) is 0 Å². The van der Waals surface area contributed by atoms with Gasteiger partial charge in [0, 0.05) is 36.3 Å². The number of benzene rings is 3. The highest BCUT2D eigenvalue weighted by molar-refractivity contribution is 5.95. The molecule has 0 bridgehead atoms. The third kappa shape index (κ3) is 5.39. The summed E-state index contributed by atoms with van der Waals surface area (Å²) >= 11 is 0. The first-order valence-corrected chi connectivity index (χ1v) is 9.95. The SMILES string of the molecule is COc1cccc(CN(C)CCC(=O)Nc2ccccc2-c2ccccc2)c1OC. The molecule has 0 saturated heterocycles. The molecule has 0 aliphatic rings. The van der Waals surface area contributed by atoms with E-state index in [1.165, 1.54) is 0 Å². The maximum atomic E-state index is 12.6. The maximum absolute atomic E-state index is 12.6. The topological polar surface area (TPSA) is 50.8 Å². The van der Waals surface area contributed by atoms with E-state index in [-0.39, 0.29) is 5.91 Å². The smallest absolute Gasteiger partial charge is 0.225 e. The van der Waals surface area contributed by atoms with Gasteiger partial charge in [0.1, 0.15) is 0 Å². The first-order valence-electron chi connectivity index (χ1n) is 9.95. The third-order valence-corrected chi connectivity index (χ3v) is 4.93. The van der Waals surface area contributed by atoms with E-state index >= 15 is 0 Å². The molecule has 5 heteroatoms. The van der Waals surface area contributed by atoms with Crippen molar-refractivity contribution in [2.45, 2.75) is 13.0 Å². The molecule has 1 amide bonds. The molecule has 0 radical (unpaired) electrons. The predicted octanol–water partition coefficient (Wildman–Crippen LogP) is 4.83. The molecule has 0 atom stereocenters. The number of ether oxygens (including phenoxy) is 2. The van der Waals surface area contributed by atoms with E-state index in [2.05, 4.69) is 10.2 Å². The van der Waals surface area contributed by atoms with Gasteiger partial charge in [0.2, 0.25) is 5.91 Å². The Kier molecular flexibility index (Phi) is 7.46. The molecule has 0 fully saturated rings. The summed E-state index contributed by atoms with van der Waals surface area (Å²) in [6.45, 7) is 1.29. The van der Waals surface area contributed by atoms with E-state index in [9.17, 15) is 4.79 Å². The molecule has 0 saturated carbocycles. The number of para-hydroxylation sites is 2. The van der Waals surface area contributed by atoms with E-state index in [0.717, 1.165) is 28.1 Å². The van der Waals surface area contributed by atoms with Crippen LogP contribution in [0.3, 0.4) is 0 Å². The summed E-state index contributed by atoms with van der Waals surface area (Å²) in [5, 5.41) is 3.06. The summed E-state index contributed by atoms with van der Waals surface area (Å²) in [4.78, 5) is 14.7. The van der Waals surface area contributed by atoms with E-state index < -0.39 is 0 Å². The summed E-state index contributed by atoms with van der Waals surface area (Å²) in [6, 6.07) is 23.8. The predicted molar refractivity (Wildman–Crippen MR) is 121 cm³/mol. The minimum Gasteiger partial charge on any atom is -0.493 e. The van der Waals surface area contributed by atoms with E-state index in [4.69, 9.17) is 9.47 Å². The van der Waals surface area contributed by atoms with Gasteiger partial charge in [0.15, 0.2) is 11.5 Å². The number of rotatable bonds is 9. The fraction of sp³-hybridized carbons (Fsp3) is 0.240.